The van der Waals surface area contributed by atoms with Crippen molar-refractivity contribution in [2.75, 3.05) is 14.2 Å². The minimum atomic E-state index is -0.446. The van der Waals surface area contributed by atoms with Gasteiger partial charge in [0, 0.05) is 33.4 Å². The Balaban J connectivity index is 2.37. The van der Waals surface area contributed by atoms with Crippen molar-refractivity contribution >= 4 is 11.3 Å². The fourth-order valence-corrected chi connectivity index (χ4v) is 3.12. The van der Waals surface area contributed by atoms with Gasteiger partial charge in [-0.3, -0.25) is 14.3 Å². The third kappa shape index (κ3) is 3.52. The number of hydrogen-bond acceptors (Lipinski definition) is 6. The van der Waals surface area contributed by atoms with Gasteiger partial charge >= 0.3 is 5.69 Å². The van der Waals surface area contributed by atoms with Gasteiger partial charge in [0.05, 0.1) is 21.1 Å². The van der Waals surface area contributed by atoms with Crippen molar-refractivity contribution in [3.8, 4) is 10.4 Å². The average molecular weight is 325 g/mol. The highest BCUT2D eigenvalue weighted by Crippen LogP contribution is 2.26. The molecular weight excluding hydrogens is 306 g/mol. The Morgan fingerprint density at radius 3 is 2.55 bits per heavy atom. The molecule has 2 aromatic rings. The van der Waals surface area contributed by atoms with E-state index >= 15 is 0 Å². The van der Waals surface area contributed by atoms with Crippen LogP contribution in [0.2, 0.25) is 0 Å². The second-order valence-corrected chi connectivity index (χ2v) is 6.04. The van der Waals surface area contributed by atoms with Crippen LogP contribution in [0.4, 0.5) is 0 Å². The van der Waals surface area contributed by atoms with E-state index in [4.69, 9.17) is 9.47 Å². The predicted molar refractivity (Wildman–Crippen MR) is 84.3 cm³/mol. The average Bonchev–Trinajstić information content (AvgIpc) is 2.80. The molecule has 0 spiro atoms. The number of rotatable bonds is 6. The van der Waals surface area contributed by atoms with Crippen molar-refractivity contribution < 1.29 is 9.47 Å². The van der Waals surface area contributed by atoms with Crippen LogP contribution in [0.25, 0.3) is 10.4 Å². The van der Waals surface area contributed by atoms with Crippen LogP contribution in [0.15, 0.2) is 15.8 Å². The molecule has 0 bridgehead atoms. The minimum absolute atomic E-state index is 0.381. The zero-order chi connectivity index (χ0) is 16.3. The van der Waals surface area contributed by atoms with E-state index in [9.17, 15) is 9.59 Å². The summed E-state index contributed by atoms with van der Waals surface area (Å²) in [4.78, 5) is 31.4. The Morgan fingerprint density at radius 1 is 1.32 bits per heavy atom. The lowest BCUT2D eigenvalue weighted by Crippen LogP contribution is -2.31. The van der Waals surface area contributed by atoms with Gasteiger partial charge in [0.25, 0.3) is 5.56 Å². The summed E-state index contributed by atoms with van der Waals surface area (Å²) >= 11 is 1.43. The zero-order valence-electron chi connectivity index (χ0n) is 13.0. The van der Waals surface area contributed by atoms with Crippen molar-refractivity contribution in [1.29, 1.82) is 0 Å². The van der Waals surface area contributed by atoms with Crippen molar-refractivity contribution in [2.45, 2.75) is 33.1 Å². The van der Waals surface area contributed by atoms with Crippen molar-refractivity contribution in [3.05, 3.63) is 37.7 Å². The summed E-state index contributed by atoms with van der Waals surface area (Å²) in [6.07, 6.45) is 1.68. The summed E-state index contributed by atoms with van der Waals surface area (Å²) < 4.78 is 11.7. The summed E-state index contributed by atoms with van der Waals surface area (Å²) in [5.74, 6) is 0. The van der Waals surface area contributed by atoms with Crippen molar-refractivity contribution in [2.24, 2.45) is 0 Å². The molecule has 2 aromatic heterocycles. The molecule has 0 unspecified atom stereocenters. The molecule has 0 aliphatic rings. The normalized spacial score (nSPS) is 11.3. The standard InChI is InChI=1S/C14H19N3O4S/c1-8-12(22-9(2)15-8)10-7-17(14(19)16-13(10)18)6-5-11(20-3)21-4/h7,11H,5-6H2,1-4H3,(H,16,18,19). The number of methoxy groups -OCH3 is 2. The molecule has 22 heavy (non-hydrogen) atoms. The monoisotopic (exact) mass is 325 g/mol. The molecule has 0 saturated heterocycles. The highest BCUT2D eigenvalue weighted by molar-refractivity contribution is 7.15. The van der Waals surface area contributed by atoms with Crippen molar-refractivity contribution in [1.82, 2.24) is 14.5 Å². The van der Waals surface area contributed by atoms with Gasteiger partial charge in [-0.2, -0.15) is 0 Å². The number of H-pyrrole nitrogens is 1. The van der Waals surface area contributed by atoms with E-state index in [2.05, 4.69) is 9.97 Å². The molecule has 0 aromatic carbocycles. The van der Waals surface area contributed by atoms with Crippen LogP contribution < -0.4 is 11.2 Å². The molecule has 2 heterocycles. The first-order valence-electron chi connectivity index (χ1n) is 6.80. The number of thiazole rings is 1. The molecule has 0 fully saturated rings. The lowest BCUT2D eigenvalue weighted by Gasteiger charge is -2.14. The van der Waals surface area contributed by atoms with E-state index < -0.39 is 17.5 Å². The number of hydrogen-bond donors (Lipinski definition) is 1. The van der Waals surface area contributed by atoms with Gasteiger partial charge in [-0.1, -0.05) is 0 Å². The molecule has 120 valence electrons. The van der Waals surface area contributed by atoms with Crippen LogP contribution in [-0.4, -0.2) is 35.0 Å². The third-order valence-corrected chi connectivity index (χ3v) is 4.40. The molecule has 2 rings (SSSR count). The summed E-state index contributed by atoms with van der Waals surface area (Å²) in [5, 5.41) is 0.878. The smallest absolute Gasteiger partial charge is 0.328 e. The summed E-state index contributed by atoms with van der Waals surface area (Å²) in [6, 6.07) is 0. The Kier molecular flexibility index (Phi) is 5.28. The van der Waals surface area contributed by atoms with Crippen LogP contribution in [0.1, 0.15) is 17.1 Å². The summed E-state index contributed by atoms with van der Waals surface area (Å²) in [5.41, 5.74) is 0.389. The van der Waals surface area contributed by atoms with Crippen LogP contribution in [0.5, 0.6) is 0 Å². The quantitative estimate of drug-likeness (QED) is 0.809. The summed E-state index contributed by atoms with van der Waals surface area (Å²) in [6.45, 7) is 4.11. The Labute approximate surface area is 131 Å². The molecular formula is C14H19N3O4S. The largest absolute Gasteiger partial charge is 0.356 e. The first kappa shape index (κ1) is 16.6. The van der Waals surface area contributed by atoms with Crippen LogP contribution in [-0.2, 0) is 16.0 Å². The van der Waals surface area contributed by atoms with Gasteiger partial charge in [0.15, 0.2) is 6.29 Å². The van der Waals surface area contributed by atoms with E-state index in [-0.39, 0.29) is 0 Å². The SMILES string of the molecule is COC(CCn1cc(-c2sc(C)nc2C)c(=O)[nH]c1=O)OC. The van der Waals surface area contributed by atoms with E-state index in [1.165, 1.54) is 15.9 Å². The highest BCUT2D eigenvalue weighted by atomic mass is 32.1. The third-order valence-electron chi connectivity index (χ3n) is 3.29. The topological polar surface area (TPSA) is 86.2 Å². The van der Waals surface area contributed by atoms with Gasteiger partial charge in [0.1, 0.15) is 0 Å². The molecule has 1 N–H and O–H groups in total. The fraction of sp³-hybridized carbons (Fsp3) is 0.500. The number of aryl methyl sites for hydroxylation is 3. The minimum Gasteiger partial charge on any atom is -0.356 e. The molecule has 7 nitrogen and oxygen atoms in total. The molecule has 0 aliphatic carbocycles. The van der Waals surface area contributed by atoms with E-state index in [0.717, 1.165) is 15.6 Å². The molecule has 0 radical (unpaired) electrons. The Bertz CT molecular complexity index is 758. The number of aromatic nitrogens is 3. The maximum absolute atomic E-state index is 12.1. The van der Waals surface area contributed by atoms with Gasteiger partial charge in [-0.25, -0.2) is 9.78 Å². The molecule has 8 heteroatoms. The van der Waals surface area contributed by atoms with Gasteiger partial charge in [0.2, 0.25) is 0 Å². The maximum atomic E-state index is 12.1. The van der Waals surface area contributed by atoms with E-state index in [0.29, 0.717) is 18.5 Å². The van der Waals surface area contributed by atoms with Crippen LogP contribution in [0.3, 0.4) is 0 Å². The lowest BCUT2D eigenvalue weighted by molar-refractivity contribution is -0.108. The highest BCUT2D eigenvalue weighted by Gasteiger charge is 2.14. The number of ether oxygens (including phenoxy) is 2. The fourth-order valence-electron chi connectivity index (χ4n) is 2.19. The molecule has 0 amide bonds. The van der Waals surface area contributed by atoms with E-state index in [1.54, 1.807) is 20.4 Å². The first-order valence-corrected chi connectivity index (χ1v) is 7.61. The van der Waals surface area contributed by atoms with Gasteiger partial charge in [-0.15, -0.1) is 11.3 Å². The molecule has 0 saturated carbocycles. The summed E-state index contributed by atoms with van der Waals surface area (Å²) in [7, 11) is 3.08. The van der Waals surface area contributed by atoms with E-state index in [1.807, 2.05) is 13.8 Å². The van der Waals surface area contributed by atoms with Gasteiger partial charge < -0.3 is 9.47 Å². The zero-order valence-corrected chi connectivity index (χ0v) is 13.8. The first-order chi connectivity index (χ1) is 10.5. The van der Waals surface area contributed by atoms with Gasteiger partial charge in [-0.05, 0) is 13.8 Å². The number of aromatic amines is 1. The second-order valence-electron chi connectivity index (χ2n) is 4.83. The Morgan fingerprint density at radius 2 is 2.00 bits per heavy atom. The van der Waals surface area contributed by atoms with Crippen LogP contribution in [0, 0.1) is 13.8 Å². The van der Waals surface area contributed by atoms with Crippen LogP contribution >= 0.6 is 11.3 Å². The number of nitrogens with one attached hydrogen (secondary N) is 1. The molecule has 0 atom stereocenters. The maximum Gasteiger partial charge on any atom is 0.328 e. The number of nitrogens with zero attached hydrogens (tertiary/aromatic N) is 2. The predicted octanol–water partition coefficient (Wildman–Crippen LogP) is 1.29. The molecule has 0 aliphatic heterocycles. The Hall–Kier alpha value is -1.77. The second kappa shape index (κ2) is 6.99. The lowest BCUT2D eigenvalue weighted by atomic mass is 10.2. The van der Waals surface area contributed by atoms with Crippen molar-refractivity contribution in [3.63, 3.8) is 0 Å².